The fourth-order valence-corrected chi connectivity index (χ4v) is 6.53. The number of allylic oxidation sites excluding steroid dienone is 1. The number of hydrogen-bond donors (Lipinski definition) is 2. The number of benzene rings is 1. The lowest BCUT2D eigenvalue weighted by atomic mass is 9.90. The number of likely N-dealkylation sites (tertiary alicyclic amines) is 2. The van der Waals surface area contributed by atoms with Crippen molar-refractivity contribution in [2.75, 3.05) is 46.4 Å². The predicted octanol–water partition coefficient (Wildman–Crippen LogP) is 4.34. The Morgan fingerprint density at radius 2 is 1.84 bits per heavy atom. The summed E-state index contributed by atoms with van der Waals surface area (Å²) in [4.78, 5) is 43.2. The van der Waals surface area contributed by atoms with Crippen LogP contribution in [0.25, 0.3) is 28.6 Å². The van der Waals surface area contributed by atoms with E-state index in [1.54, 1.807) is 24.4 Å². The largest absolute Gasteiger partial charge is 0.411 e. The minimum absolute atomic E-state index is 0.0445. The molecule has 2 aliphatic heterocycles. The predicted molar refractivity (Wildman–Crippen MR) is 164 cm³/mol. The molecular weight excluding hydrogens is 544 g/mol. The summed E-state index contributed by atoms with van der Waals surface area (Å²) in [5.74, 6) is 0.247. The van der Waals surface area contributed by atoms with E-state index in [2.05, 4.69) is 38.2 Å². The first-order valence-electron chi connectivity index (χ1n) is 15.1. The molecule has 2 N–H and O–H groups in total. The van der Waals surface area contributed by atoms with Crippen molar-refractivity contribution in [1.82, 2.24) is 24.8 Å². The SMILES string of the molecule is COCCN1CCC(C(=O)C(=O)N2CCC(c3nc(-c4ccc5c(c4)C=CC5C=NO)c(-c4ccncc4)[nH]3)CC2)CC1. The summed E-state index contributed by atoms with van der Waals surface area (Å²) >= 11 is 0. The van der Waals surface area contributed by atoms with Gasteiger partial charge in [-0.15, -0.1) is 5.16 Å². The number of imidazole rings is 1. The summed E-state index contributed by atoms with van der Waals surface area (Å²) in [7, 11) is 1.70. The highest BCUT2D eigenvalue weighted by Gasteiger charge is 2.34. The summed E-state index contributed by atoms with van der Waals surface area (Å²) in [6.45, 7) is 4.28. The van der Waals surface area contributed by atoms with Gasteiger partial charge in [-0.1, -0.05) is 24.3 Å². The van der Waals surface area contributed by atoms with Crippen molar-refractivity contribution in [3.05, 3.63) is 65.8 Å². The van der Waals surface area contributed by atoms with Crippen LogP contribution in [0.5, 0.6) is 0 Å². The van der Waals surface area contributed by atoms with E-state index in [0.29, 0.717) is 19.7 Å². The lowest BCUT2D eigenvalue weighted by Gasteiger charge is -2.34. The summed E-state index contributed by atoms with van der Waals surface area (Å²) in [5, 5.41) is 12.2. The van der Waals surface area contributed by atoms with Crippen LogP contribution in [-0.2, 0) is 14.3 Å². The Morgan fingerprint density at radius 1 is 1.07 bits per heavy atom. The van der Waals surface area contributed by atoms with E-state index < -0.39 is 0 Å². The molecule has 0 bridgehead atoms. The van der Waals surface area contributed by atoms with Crippen molar-refractivity contribution in [3.8, 4) is 22.5 Å². The maximum atomic E-state index is 13.2. The molecule has 3 aliphatic rings. The molecule has 0 saturated carbocycles. The molecule has 10 nitrogen and oxygen atoms in total. The average molecular weight is 583 g/mol. The van der Waals surface area contributed by atoms with Crippen molar-refractivity contribution >= 4 is 24.0 Å². The van der Waals surface area contributed by atoms with Crippen LogP contribution in [-0.4, -0.2) is 94.3 Å². The lowest BCUT2D eigenvalue weighted by Crippen LogP contribution is -2.46. The molecule has 2 saturated heterocycles. The molecule has 43 heavy (non-hydrogen) atoms. The average Bonchev–Trinajstić information content (AvgIpc) is 3.69. The van der Waals surface area contributed by atoms with Gasteiger partial charge in [-0.3, -0.25) is 14.6 Å². The normalized spacial score (nSPS) is 19.7. The first-order chi connectivity index (χ1) is 21.1. The molecule has 1 unspecified atom stereocenters. The number of hydrogen-bond acceptors (Lipinski definition) is 8. The number of ether oxygens (including phenoxy) is 1. The number of Topliss-reactive ketones (excluding diaryl/α,β-unsaturated/α-hetero) is 1. The van der Waals surface area contributed by atoms with Gasteiger partial charge in [-0.2, -0.15) is 0 Å². The van der Waals surface area contributed by atoms with Crippen LogP contribution in [0.2, 0.25) is 0 Å². The van der Waals surface area contributed by atoms with Gasteiger partial charge in [0.05, 0.1) is 24.2 Å². The van der Waals surface area contributed by atoms with Gasteiger partial charge in [0.15, 0.2) is 0 Å². The lowest BCUT2D eigenvalue weighted by molar-refractivity contribution is -0.148. The second-order valence-electron chi connectivity index (χ2n) is 11.6. The number of amides is 1. The summed E-state index contributed by atoms with van der Waals surface area (Å²) < 4.78 is 5.16. The summed E-state index contributed by atoms with van der Waals surface area (Å²) in [5.41, 5.74) is 5.94. The fourth-order valence-electron chi connectivity index (χ4n) is 6.53. The zero-order valence-electron chi connectivity index (χ0n) is 24.5. The van der Waals surface area contributed by atoms with Crippen LogP contribution in [0.3, 0.4) is 0 Å². The van der Waals surface area contributed by atoms with Crippen LogP contribution < -0.4 is 0 Å². The van der Waals surface area contributed by atoms with Crippen LogP contribution >= 0.6 is 0 Å². The maximum Gasteiger partial charge on any atom is 0.290 e. The number of ketones is 1. The second-order valence-corrected chi connectivity index (χ2v) is 11.6. The molecule has 0 radical (unpaired) electrons. The minimum atomic E-state index is -0.331. The van der Waals surface area contributed by atoms with Crippen molar-refractivity contribution in [3.63, 3.8) is 0 Å². The van der Waals surface area contributed by atoms with E-state index >= 15 is 0 Å². The molecule has 2 aromatic heterocycles. The molecule has 1 atom stereocenters. The molecule has 1 amide bonds. The Hall–Kier alpha value is -4.15. The van der Waals surface area contributed by atoms with Gasteiger partial charge in [0.25, 0.3) is 5.91 Å². The molecule has 3 aromatic rings. The zero-order chi connectivity index (χ0) is 29.8. The van der Waals surface area contributed by atoms with Gasteiger partial charge in [-0.05, 0) is 68.1 Å². The molecule has 2 fully saturated rings. The maximum absolute atomic E-state index is 13.2. The molecule has 1 aliphatic carbocycles. The molecule has 0 spiro atoms. The third-order valence-corrected chi connectivity index (χ3v) is 9.07. The standard InChI is InChI=1S/C33H38N6O4/c1-43-19-18-38-14-8-23(9-15-38)31(40)33(41)39-16-10-24(11-17-39)32-36-29(22-6-12-34-13-7-22)30(37-32)26-4-5-28-25(20-26)2-3-27(28)21-35-42/h2-7,12-13,20-21,23-24,27,42H,8-11,14-19H2,1H3,(H,36,37). The molecule has 1 aromatic carbocycles. The number of carbonyl (C=O) groups is 2. The number of nitrogens with zero attached hydrogens (tertiary/aromatic N) is 5. The van der Waals surface area contributed by atoms with Crippen molar-refractivity contribution < 1.29 is 19.5 Å². The first-order valence-corrected chi connectivity index (χ1v) is 15.1. The zero-order valence-corrected chi connectivity index (χ0v) is 24.5. The Labute approximate surface area is 251 Å². The van der Waals surface area contributed by atoms with Crippen molar-refractivity contribution in [2.24, 2.45) is 11.1 Å². The second kappa shape index (κ2) is 13.0. The smallest absolute Gasteiger partial charge is 0.290 e. The highest BCUT2D eigenvalue weighted by atomic mass is 16.5. The highest BCUT2D eigenvalue weighted by Crippen LogP contribution is 2.38. The number of piperidine rings is 2. The number of fused-ring (bicyclic) bond motifs is 1. The van der Waals surface area contributed by atoms with Crippen LogP contribution in [0.15, 0.2) is 54.0 Å². The van der Waals surface area contributed by atoms with E-state index in [1.165, 1.54) is 6.21 Å². The molecule has 4 heterocycles. The minimum Gasteiger partial charge on any atom is -0.411 e. The molecule has 224 valence electrons. The summed E-state index contributed by atoms with van der Waals surface area (Å²) in [6.07, 6.45) is 12.1. The van der Waals surface area contributed by atoms with Crippen LogP contribution in [0.4, 0.5) is 0 Å². The van der Waals surface area contributed by atoms with Gasteiger partial charge in [0.2, 0.25) is 5.78 Å². The Morgan fingerprint density at radius 3 is 2.56 bits per heavy atom. The third-order valence-electron chi connectivity index (χ3n) is 9.07. The quantitative estimate of drug-likeness (QED) is 0.166. The molecule has 10 heteroatoms. The van der Waals surface area contributed by atoms with E-state index in [4.69, 9.17) is 14.9 Å². The van der Waals surface area contributed by atoms with Gasteiger partial charge in [0.1, 0.15) is 5.82 Å². The topological polar surface area (TPSA) is 124 Å². The highest BCUT2D eigenvalue weighted by molar-refractivity contribution is 6.36. The van der Waals surface area contributed by atoms with Crippen LogP contribution in [0.1, 0.15) is 54.5 Å². The third kappa shape index (κ3) is 6.16. The van der Waals surface area contributed by atoms with Crippen molar-refractivity contribution in [1.29, 1.82) is 0 Å². The van der Waals surface area contributed by atoms with Crippen molar-refractivity contribution in [2.45, 2.75) is 37.5 Å². The van der Waals surface area contributed by atoms with Gasteiger partial charge in [-0.25, -0.2) is 4.98 Å². The van der Waals surface area contributed by atoms with E-state index in [9.17, 15) is 9.59 Å². The number of oxime groups is 1. The van der Waals surface area contributed by atoms with Gasteiger partial charge < -0.3 is 24.7 Å². The Balaban J connectivity index is 1.15. The number of rotatable bonds is 9. The van der Waals surface area contributed by atoms with E-state index in [1.807, 2.05) is 24.3 Å². The van der Waals surface area contributed by atoms with Gasteiger partial charge in [0, 0.05) is 68.0 Å². The Bertz CT molecular complexity index is 1500. The first kappa shape index (κ1) is 28.9. The van der Waals surface area contributed by atoms with E-state index in [-0.39, 0.29) is 29.4 Å². The van der Waals surface area contributed by atoms with Crippen LogP contribution in [0, 0.1) is 5.92 Å². The number of aromatic amines is 1. The summed E-state index contributed by atoms with van der Waals surface area (Å²) in [6, 6.07) is 10.2. The number of pyridine rings is 1. The Kier molecular flexibility index (Phi) is 8.76. The van der Waals surface area contributed by atoms with E-state index in [0.717, 1.165) is 84.8 Å². The number of aromatic nitrogens is 3. The van der Waals surface area contributed by atoms with Gasteiger partial charge >= 0.3 is 0 Å². The molecule has 6 rings (SSSR count). The number of H-pyrrole nitrogens is 1. The number of nitrogens with one attached hydrogen (secondary N) is 1. The fraction of sp³-hybridized carbons (Fsp3) is 0.424. The number of methoxy groups -OCH3 is 1. The molecular formula is C33H38N6O4. The monoisotopic (exact) mass is 582 g/mol. The number of carbonyl (C=O) groups excluding carboxylic acids is 2.